The van der Waals surface area contributed by atoms with Crippen molar-refractivity contribution in [2.45, 2.75) is 39.8 Å². The Hall–Kier alpha value is -0.610. The van der Waals surface area contributed by atoms with Gasteiger partial charge in [-0.25, -0.2) is 0 Å². The molecule has 0 heterocycles. The number of hydrogen-bond donors (Lipinski definition) is 1. The van der Waals surface area contributed by atoms with Gasteiger partial charge in [-0.1, -0.05) is 0 Å². The first kappa shape index (κ1) is 15.4. The average molecular weight is 229 g/mol. The Morgan fingerprint density at radius 1 is 1.12 bits per heavy atom. The van der Waals surface area contributed by atoms with Gasteiger partial charge in [0.2, 0.25) is 5.91 Å². The van der Waals surface area contributed by atoms with E-state index >= 15 is 0 Å². The average Bonchev–Trinajstić information content (AvgIpc) is 2.22. The zero-order valence-electron chi connectivity index (χ0n) is 11.6. The SMILES string of the molecule is CC(C)N(C)CCNCC(=O)N(C)C(C)C. The molecule has 0 aromatic carbocycles. The second-order valence-corrected chi connectivity index (χ2v) is 4.85. The molecule has 0 bridgehead atoms. The highest BCUT2D eigenvalue weighted by molar-refractivity contribution is 5.78. The molecule has 0 fully saturated rings. The smallest absolute Gasteiger partial charge is 0.236 e. The molecule has 0 aliphatic heterocycles. The van der Waals surface area contributed by atoms with Crippen LogP contribution >= 0.6 is 0 Å². The van der Waals surface area contributed by atoms with Crippen LogP contribution in [0.5, 0.6) is 0 Å². The van der Waals surface area contributed by atoms with Gasteiger partial charge in [-0.15, -0.1) is 0 Å². The fourth-order valence-corrected chi connectivity index (χ4v) is 1.12. The van der Waals surface area contributed by atoms with Gasteiger partial charge in [-0.3, -0.25) is 4.79 Å². The number of nitrogens with zero attached hydrogens (tertiary/aromatic N) is 2. The quantitative estimate of drug-likeness (QED) is 0.655. The van der Waals surface area contributed by atoms with Gasteiger partial charge in [0.25, 0.3) is 0 Å². The molecule has 96 valence electrons. The maximum absolute atomic E-state index is 11.6. The van der Waals surface area contributed by atoms with Gasteiger partial charge in [0, 0.05) is 32.2 Å². The first-order chi connectivity index (χ1) is 7.36. The molecule has 0 aliphatic carbocycles. The maximum atomic E-state index is 11.6. The van der Waals surface area contributed by atoms with E-state index < -0.39 is 0 Å². The van der Waals surface area contributed by atoms with Crippen molar-refractivity contribution in [3.05, 3.63) is 0 Å². The van der Waals surface area contributed by atoms with E-state index in [0.717, 1.165) is 13.1 Å². The molecule has 0 atom stereocenters. The first-order valence-corrected chi connectivity index (χ1v) is 6.02. The third-order valence-corrected chi connectivity index (χ3v) is 2.97. The summed E-state index contributed by atoms with van der Waals surface area (Å²) in [6, 6.07) is 0.823. The first-order valence-electron chi connectivity index (χ1n) is 6.02. The molecule has 1 N–H and O–H groups in total. The van der Waals surface area contributed by atoms with Gasteiger partial charge in [0.1, 0.15) is 0 Å². The Labute approximate surface area is 100.0 Å². The molecule has 0 radical (unpaired) electrons. The number of amides is 1. The third-order valence-electron chi connectivity index (χ3n) is 2.97. The van der Waals surface area contributed by atoms with Crippen LogP contribution in [0.15, 0.2) is 0 Å². The molecule has 1 amide bonds. The lowest BCUT2D eigenvalue weighted by Crippen LogP contribution is -2.41. The van der Waals surface area contributed by atoms with Crippen molar-refractivity contribution in [1.82, 2.24) is 15.1 Å². The Kier molecular flexibility index (Phi) is 7.34. The van der Waals surface area contributed by atoms with Gasteiger partial charge in [-0.2, -0.15) is 0 Å². The fraction of sp³-hybridized carbons (Fsp3) is 0.917. The normalized spacial score (nSPS) is 11.6. The van der Waals surface area contributed by atoms with Crippen LogP contribution in [0.4, 0.5) is 0 Å². The summed E-state index contributed by atoms with van der Waals surface area (Å²) >= 11 is 0. The summed E-state index contributed by atoms with van der Waals surface area (Å²) < 4.78 is 0. The van der Waals surface area contributed by atoms with Crippen molar-refractivity contribution < 1.29 is 4.79 Å². The van der Waals surface area contributed by atoms with Crippen molar-refractivity contribution in [2.24, 2.45) is 0 Å². The minimum absolute atomic E-state index is 0.155. The highest BCUT2D eigenvalue weighted by Gasteiger charge is 2.10. The molecular formula is C12H27N3O. The van der Waals surface area contributed by atoms with E-state index in [1.165, 1.54) is 0 Å². The molecule has 4 nitrogen and oxygen atoms in total. The molecule has 0 spiro atoms. The Morgan fingerprint density at radius 3 is 2.12 bits per heavy atom. The molecule has 4 heteroatoms. The van der Waals surface area contributed by atoms with Gasteiger partial charge in [0.05, 0.1) is 6.54 Å². The van der Waals surface area contributed by atoms with Gasteiger partial charge in [0.15, 0.2) is 0 Å². The molecule has 0 aliphatic rings. The number of rotatable bonds is 7. The molecule has 0 aromatic rings. The van der Waals surface area contributed by atoms with Crippen LogP contribution in [-0.2, 0) is 4.79 Å². The van der Waals surface area contributed by atoms with Crippen LogP contribution in [-0.4, -0.2) is 61.5 Å². The lowest BCUT2D eigenvalue weighted by molar-refractivity contribution is -0.130. The molecule has 0 rings (SSSR count). The highest BCUT2D eigenvalue weighted by Crippen LogP contribution is 1.93. The van der Waals surface area contributed by atoms with Gasteiger partial charge >= 0.3 is 0 Å². The lowest BCUT2D eigenvalue weighted by atomic mass is 10.3. The molecule has 0 saturated heterocycles. The van der Waals surface area contributed by atoms with E-state index in [0.29, 0.717) is 12.6 Å². The molecule has 0 aromatic heterocycles. The van der Waals surface area contributed by atoms with E-state index in [9.17, 15) is 4.79 Å². The number of carbonyl (C=O) groups is 1. The highest BCUT2D eigenvalue weighted by atomic mass is 16.2. The van der Waals surface area contributed by atoms with Crippen LogP contribution in [0.1, 0.15) is 27.7 Å². The Bertz CT molecular complexity index is 204. The van der Waals surface area contributed by atoms with E-state index in [1.807, 2.05) is 20.9 Å². The predicted molar refractivity (Wildman–Crippen MR) is 68.5 cm³/mol. The van der Waals surface area contributed by atoms with E-state index in [1.54, 1.807) is 4.90 Å². The summed E-state index contributed by atoms with van der Waals surface area (Å²) in [4.78, 5) is 15.6. The largest absolute Gasteiger partial charge is 0.342 e. The topological polar surface area (TPSA) is 35.6 Å². The summed E-state index contributed by atoms with van der Waals surface area (Å²) in [6.45, 7) is 10.6. The van der Waals surface area contributed by atoms with Crippen LogP contribution in [0.25, 0.3) is 0 Å². The third kappa shape index (κ3) is 6.08. The monoisotopic (exact) mass is 229 g/mol. The van der Waals surface area contributed by atoms with Crippen molar-refractivity contribution in [1.29, 1.82) is 0 Å². The molecular weight excluding hydrogens is 202 g/mol. The summed E-state index contributed by atoms with van der Waals surface area (Å²) in [6.07, 6.45) is 0. The van der Waals surface area contributed by atoms with Crippen molar-refractivity contribution in [2.75, 3.05) is 33.7 Å². The Balaban J connectivity index is 3.63. The van der Waals surface area contributed by atoms with Crippen LogP contribution < -0.4 is 5.32 Å². The fourth-order valence-electron chi connectivity index (χ4n) is 1.12. The zero-order valence-corrected chi connectivity index (χ0v) is 11.6. The predicted octanol–water partition coefficient (Wildman–Crippen LogP) is 0.783. The molecule has 16 heavy (non-hydrogen) atoms. The zero-order chi connectivity index (χ0) is 12.7. The van der Waals surface area contributed by atoms with Crippen molar-refractivity contribution in [3.63, 3.8) is 0 Å². The van der Waals surface area contributed by atoms with Crippen molar-refractivity contribution >= 4 is 5.91 Å². The van der Waals surface area contributed by atoms with Crippen molar-refractivity contribution in [3.8, 4) is 0 Å². The van der Waals surface area contributed by atoms with Crippen LogP contribution in [0.3, 0.4) is 0 Å². The minimum atomic E-state index is 0.155. The number of likely N-dealkylation sites (N-methyl/N-ethyl adjacent to an activating group) is 2. The number of nitrogens with one attached hydrogen (secondary N) is 1. The van der Waals surface area contributed by atoms with Crippen LogP contribution in [0, 0.1) is 0 Å². The maximum Gasteiger partial charge on any atom is 0.236 e. The number of hydrogen-bond acceptors (Lipinski definition) is 3. The molecule has 0 saturated carbocycles. The second-order valence-electron chi connectivity index (χ2n) is 4.85. The Morgan fingerprint density at radius 2 is 1.69 bits per heavy atom. The van der Waals surface area contributed by atoms with E-state index in [4.69, 9.17) is 0 Å². The second kappa shape index (κ2) is 7.63. The van der Waals surface area contributed by atoms with E-state index in [-0.39, 0.29) is 11.9 Å². The van der Waals surface area contributed by atoms with Gasteiger partial charge < -0.3 is 15.1 Å². The number of carbonyl (C=O) groups excluding carboxylic acids is 1. The van der Waals surface area contributed by atoms with E-state index in [2.05, 4.69) is 31.1 Å². The standard InChI is InChI=1S/C12H27N3O/c1-10(2)14(5)8-7-13-9-12(16)15(6)11(3)4/h10-11,13H,7-9H2,1-6H3. The summed E-state index contributed by atoms with van der Waals surface area (Å²) in [5.41, 5.74) is 0. The van der Waals surface area contributed by atoms with Gasteiger partial charge in [-0.05, 0) is 34.7 Å². The summed E-state index contributed by atoms with van der Waals surface area (Å²) in [5, 5.41) is 3.17. The lowest BCUT2D eigenvalue weighted by Gasteiger charge is -2.23. The molecule has 0 unspecified atom stereocenters. The minimum Gasteiger partial charge on any atom is -0.342 e. The van der Waals surface area contributed by atoms with Crippen LogP contribution in [0.2, 0.25) is 0 Å². The summed E-state index contributed by atoms with van der Waals surface area (Å²) in [5.74, 6) is 0.155. The summed E-state index contributed by atoms with van der Waals surface area (Å²) in [7, 11) is 3.93.